The molecule has 5 heteroatoms. The second-order valence-corrected chi connectivity index (χ2v) is 5.07. The molecule has 1 aromatic heterocycles. The van der Waals surface area contributed by atoms with Gasteiger partial charge < -0.3 is 15.4 Å². The number of rotatable bonds is 1. The first-order valence-corrected chi connectivity index (χ1v) is 6.56. The molecule has 3 rings (SSSR count). The second-order valence-electron chi connectivity index (χ2n) is 5.07. The van der Waals surface area contributed by atoms with Gasteiger partial charge in [0.2, 0.25) is 5.95 Å². The Labute approximate surface area is 111 Å². The zero-order valence-corrected chi connectivity index (χ0v) is 10.6. The van der Waals surface area contributed by atoms with Crippen LogP contribution in [0.15, 0.2) is 18.2 Å². The number of nitrogens with zero attached hydrogens (tertiary/aromatic N) is 3. The van der Waals surface area contributed by atoms with Crippen molar-refractivity contribution in [3.8, 4) is 6.07 Å². The summed E-state index contributed by atoms with van der Waals surface area (Å²) in [6, 6.07) is 7.42. The molecular weight excluding hydrogens is 240 g/mol. The predicted octanol–water partition coefficient (Wildman–Crippen LogP) is 1.97. The Hall–Kier alpha value is -2.06. The average molecular weight is 256 g/mol. The molecule has 2 unspecified atom stereocenters. The molecule has 2 atom stereocenters. The number of imidazole rings is 1. The van der Waals surface area contributed by atoms with E-state index in [1.807, 2.05) is 4.57 Å². The number of hydrogen-bond acceptors (Lipinski definition) is 4. The zero-order chi connectivity index (χ0) is 13.4. The van der Waals surface area contributed by atoms with Crippen molar-refractivity contribution >= 4 is 17.0 Å². The number of hydrogen-bond donors (Lipinski definition) is 2. The molecule has 98 valence electrons. The van der Waals surface area contributed by atoms with E-state index in [0.29, 0.717) is 11.5 Å². The quantitative estimate of drug-likeness (QED) is 0.816. The van der Waals surface area contributed by atoms with E-state index >= 15 is 0 Å². The molecule has 0 amide bonds. The predicted molar refractivity (Wildman–Crippen MR) is 72.4 cm³/mol. The molecule has 0 aliphatic heterocycles. The molecule has 1 aliphatic rings. The van der Waals surface area contributed by atoms with Crippen LogP contribution in [0.1, 0.15) is 37.3 Å². The van der Waals surface area contributed by atoms with E-state index in [-0.39, 0.29) is 12.1 Å². The zero-order valence-electron chi connectivity index (χ0n) is 10.6. The van der Waals surface area contributed by atoms with E-state index in [9.17, 15) is 5.11 Å². The van der Waals surface area contributed by atoms with Gasteiger partial charge in [-0.1, -0.05) is 12.8 Å². The Morgan fingerprint density at radius 3 is 2.89 bits per heavy atom. The van der Waals surface area contributed by atoms with Gasteiger partial charge in [0.05, 0.1) is 34.8 Å². The molecule has 5 nitrogen and oxygen atoms in total. The number of aliphatic hydroxyl groups is 1. The van der Waals surface area contributed by atoms with E-state index < -0.39 is 0 Å². The van der Waals surface area contributed by atoms with Crippen LogP contribution in [0.25, 0.3) is 11.0 Å². The fourth-order valence-electron chi connectivity index (χ4n) is 2.92. The summed E-state index contributed by atoms with van der Waals surface area (Å²) < 4.78 is 1.89. The number of nitrogen functional groups attached to an aromatic ring is 1. The number of anilines is 1. The lowest BCUT2D eigenvalue weighted by Gasteiger charge is -2.29. The maximum Gasteiger partial charge on any atom is 0.201 e. The highest BCUT2D eigenvalue weighted by atomic mass is 16.3. The normalized spacial score (nSPS) is 23.4. The standard InChI is InChI=1S/C14H16N4O/c15-8-9-5-6-10-12(7-9)18(14(16)17-10)11-3-1-2-4-13(11)19/h5-7,11,13,19H,1-4H2,(H2,16,17). The van der Waals surface area contributed by atoms with Crippen LogP contribution < -0.4 is 5.73 Å². The third kappa shape index (κ3) is 1.94. The molecule has 1 aromatic carbocycles. The van der Waals surface area contributed by atoms with E-state index in [0.717, 1.165) is 36.7 Å². The maximum atomic E-state index is 10.2. The SMILES string of the molecule is N#Cc1ccc2nc(N)n(C3CCCCC3O)c2c1. The van der Waals surface area contributed by atoms with Crippen molar-refractivity contribution in [2.24, 2.45) is 0 Å². The van der Waals surface area contributed by atoms with Gasteiger partial charge in [-0.25, -0.2) is 4.98 Å². The number of fused-ring (bicyclic) bond motifs is 1. The van der Waals surface area contributed by atoms with Crippen LogP contribution in [0.3, 0.4) is 0 Å². The Bertz CT molecular complexity index is 655. The largest absolute Gasteiger partial charge is 0.391 e. The summed E-state index contributed by atoms with van der Waals surface area (Å²) in [5, 5.41) is 19.2. The van der Waals surface area contributed by atoms with Crippen LogP contribution in [0.5, 0.6) is 0 Å². The summed E-state index contributed by atoms with van der Waals surface area (Å²) in [5.41, 5.74) is 8.19. The van der Waals surface area contributed by atoms with Crippen LogP contribution in [0.4, 0.5) is 5.95 Å². The van der Waals surface area contributed by atoms with E-state index in [4.69, 9.17) is 11.0 Å². The summed E-state index contributed by atoms with van der Waals surface area (Å²) in [6.45, 7) is 0. The maximum absolute atomic E-state index is 10.2. The van der Waals surface area contributed by atoms with Gasteiger partial charge in [-0.15, -0.1) is 0 Å². The number of benzene rings is 1. The van der Waals surface area contributed by atoms with Gasteiger partial charge in [-0.3, -0.25) is 0 Å². The lowest BCUT2D eigenvalue weighted by molar-refractivity contribution is 0.0783. The Kier molecular flexibility index (Phi) is 2.88. The molecule has 0 bridgehead atoms. The highest BCUT2D eigenvalue weighted by molar-refractivity contribution is 5.80. The van der Waals surface area contributed by atoms with Gasteiger partial charge in [0.1, 0.15) is 0 Å². The van der Waals surface area contributed by atoms with Crippen LogP contribution in [-0.4, -0.2) is 20.8 Å². The molecular formula is C14H16N4O. The Balaban J connectivity index is 2.16. The number of nitriles is 1. The minimum Gasteiger partial charge on any atom is -0.391 e. The minimum absolute atomic E-state index is 0.0345. The van der Waals surface area contributed by atoms with Crippen molar-refractivity contribution in [1.29, 1.82) is 5.26 Å². The van der Waals surface area contributed by atoms with Gasteiger partial charge in [-0.05, 0) is 31.0 Å². The topological polar surface area (TPSA) is 87.9 Å². The number of aromatic nitrogens is 2. The van der Waals surface area contributed by atoms with Crippen molar-refractivity contribution < 1.29 is 5.11 Å². The molecule has 0 saturated heterocycles. The summed E-state index contributed by atoms with van der Waals surface area (Å²) in [4.78, 5) is 4.32. The summed E-state index contributed by atoms with van der Waals surface area (Å²) in [7, 11) is 0. The molecule has 3 N–H and O–H groups in total. The van der Waals surface area contributed by atoms with Gasteiger partial charge >= 0.3 is 0 Å². The van der Waals surface area contributed by atoms with Crippen molar-refractivity contribution in [1.82, 2.24) is 9.55 Å². The third-order valence-electron chi connectivity index (χ3n) is 3.87. The van der Waals surface area contributed by atoms with Gasteiger partial charge in [0, 0.05) is 0 Å². The van der Waals surface area contributed by atoms with Crippen molar-refractivity contribution in [3.63, 3.8) is 0 Å². The molecule has 1 heterocycles. The minimum atomic E-state index is -0.390. The molecule has 19 heavy (non-hydrogen) atoms. The molecule has 2 aromatic rings. The Morgan fingerprint density at radius 1 is 1.37 bits per heavy atom. The fraction of sp³-hybridized carbons (Fsp3) is 0.429. The molecule has 1 fully saturated rings. The van der Waals surface area contributed by atoms with Gasteiger partial charge in [0.15, 0.2) is 0 Å². The summed E-state index contributed by atoms with van der Waals surface area (Å²) in [6.07, 6.45) is 3.43. The summed E-state index contributed by atoms with van der Waals surface area (Å²) >= 11 is 0. The highest BCUT2D eigenvalue weighted by Crippen LogP contribution is 2.33. The first-order chi connectivity index (χ1) is 9.20. The molecule has 1 saturated carbocycles. The van der Waals surface area contributed by atoms with E-state index in [2.05, 4.69) is 11.1 Å². The lowest BCUT2D eigenvalue weighted by Crippen LogP contribution is -2.28. The number of aliphatic hydroxyl groups excluding tert-OH is 1. The van der Waals surface area contributed by atoms with Crippen LogP contribution in [0.2, 0.25) is 0 Å². The van der Waals surface area contributed by atoms with Gasteiger partial charge in [-0.2, -0.15) is 5.26 Å². The highest BCUT2D eigenvalue weighted by Gasteiger charge is 2.27. The second kappa shape index (κ2) is 4.56. The number of nitrogens with two attached hydrogens (primary N) is 1. The van der Waals surface area contributed by atoms with E-state index in [1.165, 1.54) is 0 Å². The van der Waals surface area contributed by atoms with Gasteiger partial charge in [0.25, 0.3) is 0 Å². The van der Waals surface area contributed by atoms with Crippen LogP contribution in [-0.2, 0) is 0 Å². The van der Waals surface area contributed by atoms with Crippen molar-refractivity contribution in [2.45, 2.75) is 37.8 Å². The smallest absolute Gasteiger partial charge is 0.201 e. The van der Waals surface area contributed by atoms with Crippen LogP contribution >= 0.6 is 0 Å². The monoisotopic (exact) mass is 256 g/mol. The van der Waals surface area contributed by atoms with Crippen molar-refractivity contribution in [2.75, 3.05) is 5.73 Å². The lowest BCUT2D eigenvalue weighted by atomic mass is 9.92. The summed E-state index contributed by atoms with van der Waals surface area (Å²) in [5.74, 6) is 0.413. The first-order valence-electron chi connectivity index (χ1n) is 6.56. The van der Waals surface area contributed by atoms with E-state index in [1.54, 1.807) is 18.2 Å². The van der Waals surface area contributed by atoms with Crippen LogP contribution in [0, 0.1) is 11.3 Å². The third-order valence-corrected chi connectivity index (χ3v) is 3.87. The van der Waals surface area contributed by atoms with Crippen molar-refractivity contribution in [3.05, 3.63) is 23.8 Å². The molecule has 0 spiro atoms. The Morgan fingerprint density at radius 2 is 2.16 bits per heavy atom. The fourth-order valence-corrected chi connectivity index (χ4v) is 2.92. The average Bonchev–Trinajstić information content (AvgIpc) is 2.74. The molecule has 1 aliphatic carbocycles. The molecule has 0 radical (unpaired) electrons. The first kappa shape index (κ1) is 12.0.